The van der Waals surface area contributed by atoms with Gasteiger partial charge >= 0.3 is 11.9 Å². The van der Waals surface area contributed by atoms with E-state index in [0.717, 1.165) is 0 Å². The van der Waals surface area contributed by atoms with E-state index in [2.05, 4.69) is 53.8 Å². The highest BCUT2D eigenvalue weighted by Crippen LogP contribution is 1.99. The predicted molar refractivity (Wildman–Crippen MR) is 105 cm³/mol. The number of carbonyl (C=O) groups is 5. The van der Waals surface area contributed by atoms with Gasteiger partial charge in [-0.15, -0.1) is 0 Å². The second kappa shape index (κ2) is 12.7. The van der Waals surface area contributed by atoms with Crippen LogP contribution in [0.2, 0.25) is 0 Å². The Morgan fingerprint density at radius 3 is 1.59 bits per heavy atom. The fourth-order valence-electron chi connectivity index (χ4n) is 1.67. The molecule has 7 N–H and O–H groups in total. The highest BCUT2D eigenvalue weighted by molar-refractivity contribution is 7.80. The van der Waals surface area contributed by atoms with Crippen molar-refractivity contribution in [1.29, 1.82) is 0 Å². The number of carboxylic acid groups (broad SMARTS) is 2. The van der Waals surface area contributed by atoms with Gasteiger partial charge in [0, 0.05) is 17.3 Å². The van der Waals surface area contributed by atoms with Gasteiger partial charge in [-0.2, -0.15) is 37.9 Å². The first-order valence-corrected chi connectivity index (χ1v) is 9.40. The molecule has 0 bridgehead atoms. The van der Waals surface area contributed by atoms with Gasteiger partial charge in [0.15, 0.2) is 0 Å². The summed E-state index contributed by atoms with van der Waals surface area (Å²) in [5.41, 5.74) is 5.48. The quantitative estimate of drug-likeness (QED) is 0.144. The first kappa shape index (κ1) is 25.4. The molecule has 0 aliphatic heterocycles. The molecule has 0 radical (unpaired) electrons. The van der Waals surface area contributed by atoms with E-state index < -0.39 is 60.2 Å². The van der Waals surface area contributed by atoms with Gasteiger partial charge in [0.1, 0.15) is 18.1 Å². The largest absolute Gasteiger partial charge is 0.481 e. The van der Waals surface area contributed by atoms with Crippen molar-refractivity contribution < 1.29 is 34.2 Å². The Labute approximate surface area is 171 Å². The van der Waals surface area contributed by atoms with Crippen LogP contribution in [0.25, 0.3) is 0 Å². The molecule has 0 aromatic carbocycles. The standard InChI is InChI=1S/C13H22N4O7S3/c14-5(2-25)10(20)16-7(3-26)12(22)15-6(1-9(18)19)11(21)17-8(4-27)13(23)24/h5-8,25-27H,1-4,14H2,(H,15,22)(H,16,20)(H,17,21)(H,18,19)(H,23,24). The lowest BCUT2D eigenvalue weighted by Gasteiger charge is -2.23. The lowest BCUT2D eigenvalue weighted by Crippen LogP contribution is -2.58. The van der Waals surface area contributed by atoms with Crippen LogP contribution in [0.15, 0.2) is 0 Å². The van der Waals surface area contributed by atoms with Crippen LogP contribution in [0.1, 0.15) is 6.42 Å². The van der Waals surface area contributed by atoms with Gasteiger partial charge in [0.2, 0.25) is 17.7 Å². The molecule has 14 heteroatoms. The average Bonchev–Trinajstić information content (AvgIpc) is 2.61. The number of aliphatic carboxylic acids is 2. The minimum absolute atomic E-state index is 0.0249. The zero-order chi connectivity index (χ0) is 21.1. The summed E-state index contributed by atoms with van der Waals surface area (Å²) < 4.78 is 0. The van der Waals surface area contributed by atoms with Crippen molar-refractivity contribution in [1.82, 2.24) is 16.0 Å². The number of hydrogen-bond acceptors (Lipinski definition) is 9. The topological polar surface area (TPSA) is 188 Å². The van der Waals surface area contributed by atoms with Crippen LogP contribution < -0.4 is 21.7 Å². The molecule has 0 aliphatic rings. The maximum absolute atomic E-state index is 12.3. The number of nitrogens with two attached hydrogens (primary N) is 1. The summed E-state index contributed by atoms with van der Waals surface area (Å²) in [6.07, 6.45) is -0.806. The van der Waals surface area contributed by atoms with Gasteiger partial charge < -0.3 is 31.9 Å². The molecule has 4 unspecified atom stereocenters. The molecular weight excluding hydrogens is 420 g/mol. The summed E-state index contributed by atoms with van der Waals surface area (Å²) in [6, 6.07) is -5.12. The molecule has 0 saturated carbocycles. The van der Waals surface area contributed by atoms with Gasteiger partial charge in [-0.05, 0) is 0 Å². The summed E-state index contributed by atoms with van der Waals surface area (Å²) in [5, 5.41) is 24.4. The number of thiol groups is 3. The van der Waals surface area contributed by atoms with Crippen LogP contribution in [-0.2, 0) is 24.0 Å². The first-order valence-electron chi connectivity index (χ1n) is 7.51. The van der Waals surface area contributed by atoms with E-state index >= 15 is 0 Å². The molecule has 0 heterocycles. The van der Waals surface area contributed by atoms with Gasteiger partial charge in [-0.25, -0.2) is 4.79 Å². The Morgan fingerprint density at radius 1 is 0.741 bits per heavy atom. The van der Waals surface area contributed by atoms with Crippen molar-refractivity contribution in [3.8, 4) is 0 Å². The molecule has 0 spiro atoms. The molecular formula is C13H22N4O7S3. The minimum atomic E-state index is -1.57. The summed E-state index contributed by atoms with van der Waals surface area (Å²) in [6.45, 7) is 0. The second-order valence-electron chi connectivity index (χ2n) is 5.27. The number of rotatable bonds is 12. The van der Waals surface area contributed by atoms with Crippen LogP contribution in [0.5, 0.6) is 0 Å². The summed E-state index contributed by atoms with van der Waals surface area (Å²) in [5.74, 6) is -5.75. The Kier molecular flexibility index (Phi) is 11.9. The Bertz CT molecular complexity index is 578. The van der Waals surface area contributed by atoms with E-state index in [0.29, 0.717) is 0 Å². The van der Waals surface area contributed by atoms with Gasteiger partial charge in [-0.1, -0.05) is 0 Å². The van der Waals surface area contributed by atoms with Crippen molar-refractivity contribution in [2.24, 2.45) is 5.73 Å². The fourth-order valence-corrected chi connectivity index (χ4v) is 2.34. The predicted octanol–water partition coefficient (Wildman–Crippen LogP) is -2.88. The van der Waals surface area contributed by atoms with E-state index in [-0.39, 0.29) is 17.3 Å². The van der Waals surface area contributed by atoms with E-state index in [1.165, 1.54) is 0 Å². The normalized spacial score (nSPS) is 15.0. The molecule has 11 nitrogen and oxygen atoms in total. The number of carboxylic acids is 2. The van der Waals surface area contributed by atoms with Crippen molar-refractivity contribution in [3.63, 3.8) is 0 Å². The maximum atomic E-state index is 12.3. The molecule has 0 aromatic heterocycles. The summed E-state index contributed by atoms with van der Waals surface area (Å²) in [4.78, 5) is 58.1. The van der Waals surface area contributed by atoms with Crippen molar-refractivity contribution in [3.05, 3.63) is 0 Å². The first-order chi connectivity index (χ1) is 12.6. The average molecular weight is 443 g/mol. The highest BCUT2D eigenvalue weighted by atomic mass is 32.1. The summed E-state index contributed by atoms with van der Waals surface area (Å²) >= 11 is 11.6. The lowest BCUT2D eigenvalue weighted by atomic mass is 10.1. The number of nitrogens with one attached hydrogen (secondary N) is 3. The number of carbonyl (C=O) groups excluding carboxylic acids is 3. The molecule has 0 rings (SSSR count). The van der Waals surface area contributed by atoms with Crippen LogP contribution in [0.3, 0.4) is 0 Å². The molecule has 3 amide bonds. The van der Waals surface area contributed by atoms with Gasteiger partial charge in [0.25, 0.3) is 0 Å². The SMILES string of the molecule is NC(CS)C(=O)NC(CS)C(=O)NC(CC(=O)O)C(=O)NC(CS)C(=O)O. The van der Waals surface area contributed by atoms with Crippen molar-refractivity contribution in [2.45, 2.75) is 30.6 Å². The molecule has 0 aliphatic carbocycles. The van der Waals surface area contributed by atoms with Crippen LogP contribution in [0.4, 0.5) is 0 Å². The van der Waals surface area contributed by atoms with Crippen LogP contribution in [0, 0.1) is 0 Å². The Hall–Kier alpha value is -1.64. The molecule has 0 saturated heterocycles. The highest BCUT2D eigenvalue weighted by Gasteiger charge is 2.30. The zero-order valence-corrected chi connectivity index (χ0v) is 16.7. The van der Waals surface area contributed by atoms with Gasteiger partial charge in [0.05, 0.1) is 12.5 Å². The van der Waals surface area contributed by atoms with E-state index in [9.17, 15) is 24.0 Å². The zero-order valence-electron chi connectivity index (χ0n) is 14.0. The number of hydrogen-bond donors (Lipinski definition) is 9. The van der Waals surface area contributed by atoms with E-state index in [4.69, 9.17) is 15.9 Å². The van der Waals surface area contributed by atoms with Gasteiger partial charge in [-0.3, -0.25) is 19.2 Å². The molecule has 0 aromatic rings. The second-order valence-corrected chi connectivity index (χ2v) is 6.37. The van der Waals surface area contributed by atoms with E-state index in [1.54, 1.807) is 0 Å². The monoisotopic (exact) mass is 442 g/mol. The number of amides is 3. The maximum Gasteiger partial charge on any atom is 0.327 e. The van der Waals surface area contributed by atoms with Crippen LogP contribution in [-0.4, -0.2) is 81.3 Å². The Balaban J connectivity index is 5.16. The third-order valence-electron chi connectivity index (χ3n) is 3.16. The third kappa shape index (κ3) is 9.21. The summed E-state index contributed by atoms with van der Waals surface area (Å²) in [7, 11) is 0. The molecule has 0 fully saturated rings. The fraction of sp³-hybridized carbons (Fsp3) is 0.615. The van der Waals surface area contributed by atoms with Crippen LogP contribution >= 0.6 is 37.9 Å². The van der Waals surface area contributed by atoms with Crippen molar-refractivity contribution >= 4 is 67.5 Å². The minimum Gasteiger partial charge on any atom is -0.481 e. The van der Waals surface area contributed by atoms with E-state index in [1.807, 2.05) is 0 Å². The smallest absolute Gasteiger partial charge is 0.327 e. The third-order valence-corrected chi connectivity index (χ3v) is 4.28. The lowest BCUT2D eigenvalue weighted by molar-refractivity contribution is -0.143. The molecule has 27 heavy (non-hydrogen) atoms. The van der Waals surface area contributed by atoms with Crippen molar-refractivity contribution in [2.75, 3.05) is 17.3 Å². The Morgan fingerprint density at radius 2 is 1.19 bits per heavy atom. The molecule has 4 atom stereocenters. The molecule has 154 valence electrons.